The Labute approximate surface area is 209 Å². The number of H-pyrrole nitrogens is 1. The maximum absolute atomic E-state index is 12.8. The van der Waals surface area contributed by atoms with Crippen molar-refractivity contribution in [2.75, 3.05) is 26.7 Å². The minimum Gasteiger partial charge on any atom is -0.361 e. The fourth-order valence-corrected chi connectivity index (χ4v) is 5.17. The number of aromatic nitrogens is 1. The molecule has 1 atom stereocenters. The summed E-state index contributed by atoms with van der Waals surface area (Å²) in [6.07, 6.45) is 10.9. The number of guanidine groups is 1. The smallest absolute Gasteiger partial charge is 0.225 e. The van der Waals surface area contributed by atoms with Crippen LogP contribution in [-0.2, 0) is 17.6 Å². The van der Waals surface area contributed by atoms with E-state index in [0.29, 0.717) is 5.91 Å². The zero-order valence-electron chi connectivity index (χ0n) is 19.5. The number of hydrogen-bond donors (Lipinski definition) is 3. The highest BCUT2D eigenvalue weighted by Crippen LogP contribution is 2.27. The maximum atomic E-state index is 12.8. The van der Waals surface area contributed by atoms with E-state index in [1.807, 2.05) is 7.05 Å². The van der Waals surface area contributed by atoms with Gasteiger partial charge in [0.25, 0.3) is 0 Å². The normalized spacial score (nSPS) is 19.8. The molecule has 0 bridgehead atoms. The third kappa shape index (κ3) is 5.77. The molecule has 1 saturated carbocycles. The number of carbonyl (C=O) groups excluding carboxylic acids is 1. The number of rotatable bonds is 6. The topological polar surface area (TPSA) is 72.5 Å². The Morgan fingerprint density at radius 2 is 2.00 bits per heavy atom. The number of aliphatic imine (C=N–C) groups is 1. The lowest BCUT2D eigenvalue weighted by atomic mass is 9.88. The summed E-state index contributed by atoms with van der Waals surface area (Å²) in [4.78, 5) is 22.7. The van der Waals surface area contributed by atoms with E-state index >= 15 is 0 Å². The Morgan fingerprint density at radius 3 is 2.75 bits per heavy atom. The number of aromatic amines is 1. The summed E-state index contributed by atoms with van der Waals surface area (Å²) in [7, 11) is 1.81. The molecule has 1 amide bonds. The predicted molar refractivity (Wildman–Crippen MR) is 143 cm³/mol. The predicted octanol–water partition coefficient (Wildman–Crippen LogP) is 4.24. The average molecular weight is 552 g/mol. The van der Waals surface area contributed by atoms with Crippen LogP contribution in [0.15, 0.2) is 29.4 Å². The van der Waals surface area contributed by atoms with Crippen LogP contribution in [-0.4, -0.2) is 54.5 Å². The lowest BCUT2D eigenvalue weighted by Gasteiger charge is -2.26. The van der Waals surface area contributed by atoms with Crippen LogP contribution in [0.25, 0.3) is 10.9 Å². The lowest BCUT2D eigenvalue weighted by Crippen LogP contribution is -2.46. The molecule has 1 aromatic carbocycles. The van der Waals surface area contributed by atoms with Crippen LogP contribution >= 0.6 is 24.0 Å². The Morgan fingerprint density at radius 1 is 1.19 bits per heavy atom. The molecule has 1 aliphatic carbocycles. The van der Waals surface area contributed by atoms with Crippen LogP contribution in [0.3, 0.4) is 0 Å². The van der Waals surface area contributed by atoms with Crippen molar-refractivity contribution in [3.05, 3.63) is 35.5 Å². The molecule has 3 N–H and O–H groups in total. The molecule has 2 aromatic rings. The first-order chi connectivity index (χ1) is 15.2. The van der Waals surface area contributed by atoms with Crippen LogP contribution < -0.4 is 10.6 Å². The largest absolute Gasteiger partial charge is 0.361 e. The summed E-state index contributed by atoms with van der Waals surface area (Å²) >= 11 is 0. The van der Waals surface area contributed by atoms with Gasteiger partial charge in [0.1, 0.15) is 0 Å². The molecule has 1 unspecified atom stereocenters. The molecule has 32 heavy (non-hydrogen) atoms. The lowest BCUT2D eigenvalue weighted by molar-refractivity contribution is -0.135. The number of para-hydroxylation sites is 1. The van der Waals surface area contributed by atoms with Gasteiger partial charge in [-0.15, -0.1) is 24.0 Å². The van der Waals surface area contributed by atoms with Crippen LogP contribution in [0.1, 0.15) is 56.6 Å². The van der Waals surface area contributed by atoms with Gasteiger partial charge in [-0.2, -0.15) is 0 Å². The van der Waals surface area contributed by atoms with Crippen molar-refractivity contribution in [2.24, 2.45) is 10.9 Å². The van der Waals surface area contributed by atoms with Crippen molar-refractivity contribution in [3.8, 4) is 0 Å². The van der Waals surface area contributed by atoms with E-state index in [4.69, 9.17) is 0 Å². The standard InChI is InChI=1S/C25H37N5O.HI/c1-3-18-10-7-11-22-20(16-28-23(18)22)12-14-27-25(26-2)29-21-13-15-30(17-21)24(31)19-8-5-4-6-9-19;/h7,10-11,16,19,21,28H,3-6,8-9,12-15,17H2,1-2H3,(H2,26,27,29);1H. The first kappa shape index (κ1) is 24.9. The monoisotopic (exact) mass is 551 g/mol. The van der Waals surface area contributed by atoms with E-state index in [0.717, 1.165) is 57.7 Å². The van der Waals surface area contributed by atoms with Crippen molar-refractivity contribution >= 4 is 46.7 Å². The van der Waals surface area contributed by atoms with E-state index in [1.54, 1.807) is 0 Å². The molecule has 1 aromatic heterocycles. The van der Waals surface area contributed by atoms with Gasteiger partial charge in [-0.1, -0.05) is 44.4 Å². The van der Waals surface area contributed by atoms with Gasteiger partial charge in [0, 0.05) is 55.7 Å². The van der Waals surface area contributed by atoms with Crippen molar-refractivity contribution in [2.45, 2.75) is 64.3 Å². The van der Waals surface area contributed by atoms with Crippen molar-refractivity contribution < 1.29 is 4.79 Å². The van der Waals surface area contributed by atoms with Crippen LogP contribution in [0.2, 0.25) is 0 Å². The van der Waals surface area contributed by atoms with Crippen LogP contribution in [0.4, 0.5) is 0 Å². The molecule has 2 heterocycles. The van der Waals surface area contributed by atoms with Gasteiger partial charge in [0.15, 0.2) is 5.96 Å². The summed E-state index contributed by atoms with van der Waals surface area (Å²) < 4.78 is 0. The molecule has 0 spiro atoms. The summed E-state index contributed by atoms with van der Waals surface area (Å²) in [5.41, 5.74) is 3.96. The van der Waals surface area contributed by atoms with E-state index < -0.39 is 0 Å². The van der Waals surface area contributed by atoms with Gasteiger partial charge in [-0.05, 0) is 43.2 Å². The second-order valence-electron chi connectivity index (χ2n) is 9.01. The number of carbonyl (C=O) groups is 1. The van der Waals surface area contributed by atoms with Gasteiger partial charge in [-0.3, -0.25) is 9.79 Å². The number of aryl methyl sites for hydroxylation is 1. The summed E-state index contributed by atoms with van der Waals surface area (Å²) in [5, 5.41) is 8.30. The molecule has 2 aliphatic rings. The molecule has 176 valence electrons. The van der Waals surface area contributed by atoms with Crippen molar-refractivity contribution in [1.29, 1.82) is 0 Å². The Balaban J connectivity index is 0.00000289. The molecule has 6 nitrogen and oxygen atoms in total. The van der Waals surface area contributed by atoms with E-state index in [-0.39, 0.29) is 35.9 Å². The van der Waals surface area contributed by atoms with E-state index in [9.17, 15) is 4.79 Å². The van der Waals surface area contributed by atoms with Gasteiger partial charge in [0.2, 0.25) is 5.91 Å². The molecule has 1 aliphatic heterocycles. The molecule has 1 saturated heterocycles. The Bertz CT molecular complexity index is 918. The molecule has 4 rings (SSSR count). The number of nitrogens with zero attached hydrogens (tertiary/aromatic N) is 2. The number of fused-ring (bicyclic) bond motifs is 1. The number of halogens is 1. The zero-order chi connectivity index (χ0) is 21.6. The zero-order valence-corrected chi connectivity index (χ0v) is 21.8. The summed E-state index contributed by atoms with van der Waals surface area (Å²) in [6.45, 7) is 4.66. The summed E-state index contributed by atoms with van der Waals surface area (Å²) in [5.74, 6) is 1.46. The van der Waals surface area contributed by atoms with E-state index in [2.05, 4.69) is 56.8 Å². The quantitative estimate of drug-likeness (QED) is 0.286. The molecular weight excluding hydrogens is 513 g/mol. The first-order valence-corrected chi connectivity index (χ1v) is 12.0. The highest BCUT2D eigenvalue weighted by Gasteiger charge is 2.31. The highest BCUT2D eigenvalue weighted by molar-refractivity contribution is 14.0. The minimum absolute atomic E-state index is 0. The number of likely N-dealkylation sites (tertiary alicyclic amines) is 1. The molecular formula is C25H38IN5O. The van der Waals surface area contributed by atoms with Crippen molar-refractivity contribution in [3.63, 3.8) is 0 Å². The number of hydrogen-bond acceptors (Lipinski definition) is 2. The fraction of sp³-hybridized carbons (Fsp3) is 0.600. The molecule has 2 fully saturated rings. The van der Waals surface area contributed by atoms with Gasteiger partial charge in [0.05, 0.1) is 0 Å². The Kier molecular flexibility index (Phi) is 9.25. The number of amides is 1. The second kappa shape index (κ2) is 11.9. The first-order valence-electron chi connectivity index (χ1n) is 12.0. The second-order valence-corrected chi connectivity index (χ2v) is 9.01. The fourth-order valence-electron chi connectivity index (χ4n) is 5.17. The van der Waals surface area contributed by atoms with Crippen LogP contribution in [0.5, 0.6) is 0 Å². The average Bonchev–Trinajstić information content (AvgIpc) is 3.45. The number of nitrogens with one attached hydrogen (secondary N) is 3. The summed E-state index contributed by atoms with van der Waals surface area (Å²) in [6, 6.07) is 6.81. The van der Waals surface area contributed by atoms with E-state index in [1.165, 1.54) is 41.3 Å². The molecule has 7 heteroatoms. The third-order valence-electron chi connectivity index (χ3n) is 6.97. The van der Waals surface area contributed by atoms with Crippen LogP contribution in [0, 0.1) is 5.92 Å². The SMILES string of the molecule is CCc1cccc2c(CCNC(=NC)NC3CCN(C(=O)C4CCCCC4)C3)c[nH]c12.I. The van der Waals surface area contributed by atoms with Gasteiger partial charge < -0.3 is 20.5 Å². The van der Waals surface area contributed by atoms with Crippen molar-refractivity contribution in [1.82, 2.24) is 20.5 Å². The Hall–Kier alpha value is -1.77. The molecule has 0 radical (unpaired) electrons. The highest BCUT2D eigenvalue weighted by atomic mass is 127. The maximum Gasteiger partial charge on any atom is 0.225 e. The van der Waals surface area contributed by atoms with Gasteiger partial charge >= 0.3 is 0 Å². The number of benzene rings is 1. The minimum atomic E-state index is 0. The van der Waals surface area contributed by atoms with Gasteiger partial charge in [-0.25, -0.2) is 0 Å². The third-order valence-corrected chi connectivity index (χ3v) is 6.97.